The molecule has 2 atom stereocenters. The SMILES string of the molecule is COCCOCCOCCOCCOCCOCCOCCOc1ccccc1-c1cc(C=NC2CCCCC2N=Cc2cc(-c3ccccc3OCCOCCOCCOCCOCCOCCOCCOC)cc(OC)c2O)c(O)c(OC)c1. The molecule has 0 heterocycles. The fraction of sp³-hybridized carbons (Fsp3) is 0.594. The normalized spacial score (nSPS) is 14.4. The quantitative estimate of drug-likeness (QED) is 0.0321. The largest absolute Gasteiger partial charge is 0.504 e. The molecule has 1 aliphatic carbocycles. The average Bonchev–Trinajstić information content (AvgIpc) is 3.56. The van der Waals surface area contributed by atoms with Gasteiger partial charge in [0.1, 0.15) is 24.7 Å². The molecule has 22 nitrogen and oxygen atoms in total. The molecule has 4 aromatic rings. The summed E-state index contributed by atoms with van der Waals surface area (Å²) in [6, 6.07) is 22.3. The molecule has 480 valence electrons. The molecule has 1 aliphatic rings. The molecule has 0 bridgehead atoms. The Balaban J connectivity index is 1.03. The summed E-state index contributed by atoms with van der Waals surface area (Å²) in [6.07, 6.45) is 6.94. The van der Waals surface area contributed by atoms with Gasteiger partial charge in [-0.2, -0.15) is 0 Å². The second kappa shape index (κ2) is 46.6. The smallest absolute Gasteiger partial charge is 0.166 e. The van der Waals surface area contributed by atoms with Gasteiger partial charge in [-0.3, -0.25) is 9.98 Å². The van der Waals surface area contributed by atoms with E-state index in [0.717, 1.165) is 47.9 Å². The van der Waals surface area contributed by atoms with Crippen molar-refractivity contribution < 1.29 is 95.5 Å². The number of ether oxygens (including phenoxy) is 18. The summed E-state index contributed by atoms with van der Waals surface area (Å²) in [7, 11) is 6.32. The molecule has 5 rings (SSSR count). The minimum atomic E-state index is -0.186. The van der Waals surface area contributed by atoms with Gasteiger partial charge in [0.25, 0.3) is 0 Å². The lowest BCUT2D eigenvalue weighted by atomic mass is 9.91. The zero-order valence-corrected chi connectivity index (χ0v) is 51.0. The summed E-state index contributed by atoms with van der Waals surface area (Å²) in [6.45, 7) is 13.1. The summed E-state index contributed by atoms with van der Waals surface area (Å²) < 4.78 is 100. The fourth-order valence-corrected chi connectivity index (χ4v) is 8.64. The van der Waals surface area contributed by atoms with Crippen molar-refractivity contribution in [1.82, 2.24) is 0 Å². The maximum Gasteiger partial charge on any atom is 0.166 e. The van der Waals surface area contributed by atoms with E-state index in [4.69, 9.17) is 95.2 Å². The van der Waals surface area contributed by atoms with Gasteiger partial charge in [0, 0.05) is 48.9 Å². The van der Waals surface area contributed by atoms with Crippen LogP contribution in [0, 0.1) is 0 Å². The van der Waals surface area contributed by atoms with Gasteiger partial charge in [-0.15, -0.1) is 0 Å². The van der Waals surface area contributed by atoms with E-state index >= 15 is 0 Å². The first-order valence-corrected chi connectivity index (χ1v) is 29.7. The van der Waals surface area contributed by atoms with Crippen LogP contribution in [0.4, 0.5) is 0 Å². The molecule has 2 N–H and O–H groups in total. The van der Waals surface area contributed by atoms with Gasteiger partial charge in [-0.05, 0) is 60.4 Å². The zero-order chi connectivity index (χ0) is 60.8. The monoisotopic (exact) mass is 1210 g/mol. The number of phenols is 2. The summed E-state index contributed by atoms with van der Waals surface area (Å²) in [5.41, 5.74) is 4.16. The Hall–Kier alpha value is -5.54. The highest BCUT2D eigenvalue weighted by Gasteiger charge is 2.25. The number of para-hydroxylation sites is 2. The van der Waals surface area contributed by atoms with Crippen LogP contribution in [0.25, 0.3) is 22.3 Å². The van der Waals surface area contributed by atoms with Gasteiger partial charge in [-0.25, -0.2) is 0 Å². The molecule has 0 spiro atoms. The number of aliphatic imine (C=N–C) groups is 2. The van der Waals surface area contributed by atoms with Gasteiger partial charge < -0.3 is 95.5 Å². The van der Waals surface area contributed by atoms with Gasteiger partial charge in [0.15, 0.2) is 23.0 Å². The number of benzene rings is 4. The lowest BCUT2D eigenvalue weighted by Gasteiger charge is -2.25. The Morgan fingerprint density at radius 3 is 0.895 bits per heavy atom. The highest BCUT2D eigenvalue weighted by Crippen LogP contribution is 2.40. The lowest BCUT2D eigenvalue weighted by Crippen LogP contribution is -2.27. The Morgan fingerprint density at radius 2 is 0.616 bits per heavy atom. The number of hydrogen-bond donors (Lipinski definition) is 2. The van der Waals surface area contributed by atoms with Crippen molar-refractivity contribution in [1.29, 1.82) is 0 Å². The molecule has 86 heavy (non-hydrogen) atoms. The van der Waals surface area contributed by atoms with Crippen LogP contribution >= 0.6 is 0 Å². The zero-order valence-electron chi connectivity index (χ0n) is 51.0. The van der Waals surface area contributed by atoms with Crippen LogP contribution in [0.15, 0.2) is 82.8 Å². The van der Waals surface area contributed by atoms with Gasteiger partial charge >= 0.3 is 0 Å². The molecular weight excluding hydrogens is 1120 g/mol. The molecule has 0 amide bonds. The maximum absolute atomic E-state index is 11.4. The van der Waals surface area contributed by atoms with Crippen LogP contribution in [0.1, 0.15) is 36.8 Å². The van der Waals surface area contributed by atoms with Crippen molar-refractivity contribution in [2.45, 2.75) is 37.8 Å². The third kappa shape index (κ3) is 29.0. The average molecular weight is 1210 g/mol. The maximum atomic E-state index is 11.4. The van der Waals surface area contributed by atoms with E-state index in [1.54, 1.807) is 38.8 Å². The number of nitrogens with zero attached hydrogens (tertiary/aromatic N) is 2. The lowest BCUT2D eigenvalue weighted by molar-refractivity contribution is -0.0199. The third-order valence-corrected chi connectivity index (χ3v) is 13.1. The van der Waals surface area contributed by atoms with Crippen molar-refractivity contribution >= 4 is 12.4 Å². The predicted molar refractivity (Wildman–Crippen MR) is 326 cm³/mol. The number of aromatic hydroxyl groups is 2. The molecule has 1 saturated carbocycles. The van der Waals surface area contributed by atoms with E-state index in [2.05, 4.69) is 0 Å². The van der Waals surface area contributed by atoms with Crippen LogP contribution < -0.4 is 18.9 Å². The summed E-state index contributed by atoms with van der Waals surface area (Å²) in [5, 5.41) is 22.7. The molecule has 2 unspecified atom stereocenters. The van der Waals surface area contributed by atoms with Gasteiger partial charge in [0.2, 0.25) is 0 Å². The minimum Gasteiger partial charge on any atom is -0.504 e. The molecule has 0 saturated heterocycles. The van der Waals surface area contributed by atoms with Crippen molar-refractivity contribution in [2.75, 3.05) is 213 Å². The topological polar surface area (TPSA) is 231 Å². The van der Waals surface area contributed by atoms with Crippen LogP contribution in [0.3, 0.4) is 0 Å². The second-order valence-corrected chi connectivity index (χ2v) is 19.2. The first kappa shape index (κ1) is 71.2. The summed E-state index contributed by atoms with van der Waals surface area (Å²) in [5.74, 6) is 1.85. The van der Waals surface area contributed by atoms with Gasteiger partial charge in [-0.1, -0.05) is 49.2 Å². The third-order valence-electron chi connectivity index (χ3n) is 13.1. The molecule has 0 radical (unpaired) electrons. The van der Waals surface area contributed by atoms with E-state index in [-0.39, 0.29) is 23.6 Å². The number of methoxy groups -OCH3 is 4. The molecule has 0 aromatic heterocycles. The molecular formula is C64H94N2O20. The Bertz CT molecular complexity index is 2270. The van der Waals surface area contributed by atoms with E-state index in [1.807, 2.05) is 60.7 Å². The Labute approximate surface area is 508 Å². The van der Waals surface area contributed by atoms with Crippen LogP contribution in [0.5, 0.6) is 34.5 Å². The Kier molecular flexibility index (Phi) is 38.6. The van der Waals surface area contributed by atoms with Crippen LogP contribution in [-0.2, 0) is 66.3 Å². The first-order valence-electron chi connectivity index (χ1n) is 29.7. The number of hydrogen-bond acceptors (Lipinski definition) is 22. The van der Waals surface area contributed by atoms with Gasteiger partial charge in [0.05, 0.1) is 198 Å². The minimum absolute atomic E-state index is 0.0265. The highest BCUT2D eigenvalue weighted by atomic mass is 16.6. The van der Waals surface area contributed by atoms with Crippen molar-refractivity contribution in [3.05, 3.63) is 83.9 Å². The second-order valence-electron chi connectivity index (χ2n) is 19.2. The number of rotatable bonds is 52. The molecule has 1 fully saturated rings. The van der Waals surface area contributed by atoms with Crippen LogP contribution in [0.2, 0.25) is 0 Å². The summed E-state index contributed by atoms with van der Waals surface area (Å²) in [4.78, 5) is 10.1. The standard InChI is InChI=1S/C64H94N2O20/c1-69-17-19-73-21-23-75-25-27-77-29-31-79-33-35-81-37-39-83-41-43-85-59-15-9-5-11-55(59)51-45-53(63(67)61(47-51)71-3)49-65-57-13-7-8-14-58(57)66-50-54-46-52(48-62(72-4)64(54)68)56-12-6-10-16-60(56)86-44-42-84-40-38-82-36-34-80-32-30-78-28-26-76-24-22-74-20-18-70-2/h5-6,9-12,15-16,45-50,57-58,67-68H,7-8,13-14,17-44H2,1-4H3. The molecule has 22 heteroatoms. The Morgan fingerprint density at radius 1 is 0.349 bits per heavy atom. The number of phenolic OH excluding ortho intramolecular Hbond substituents is 2. The first-order chi connectivity index (χ1) is 42.5. The van der Waals surface area contributed by atoms with Crippen molar-refractivity contribution in [2.24, 2.45) is 9.98 Å². The van der Waals surface area contributed by atoms with E-state index in [1.165, 1.54) is 14.2 Å². The fourth-order valence-electron chi connectivity index (χ4n) is 8.64. The van der Waals surface area contributed by atoms with Crippen LogP contribution in [-0.4, -0.2) is 248 Å². The van der Waals surface area contributed by atoms with E-state index < -0.39 is 0 Å². The van der Waals surface area contributed by atoms with E-state index in [0.29, 0.717) is 219 Å². The predicted octanol–water partition coefficient (Wildman–Crippen LogP) is 7.55. The van der Waals surface area contributed by atoms with E-state index in [9.17, 15) is 10.2 Å². The van der Waals surface area contributed by atoms with Crippen molar-refractivity contribution in [3.63, 3.8) is 0 Å². The molecule has 0 aliphatic heterocycles. The highest BCUT2D eigenvalue weighted by molar-refractivity contribution is 5.90. The molecule has 4 aromatic carbocycles. The van der Waals surface area contributed by atoms with Crippen molar-refractivity contribution in [3.8, 4) is 56.8 Å². The summed E-state index contributed by atoms with van der Waals surface area (Å²) >= 11 is 0.